The van der Waals surface area contributed by atoms with Crippen LogP contribution in [0.15, 0.2) is 12.7 Å². The minimum absolute atomic E-state index is 1.08. The molecule has 0 aromatic heterocycles. The lowest BCUT2D eigenvalue weighted by Gasteiger charge is -1.68. The standard InChI is InChI=1S/C4H10.C4H8.C3H8.C2H6/c2*1-3-4-2;1-3-2;1-2/h3-4H2,1-2H3;3H,1,4H2,2H3;3H2,1-2H3;1-2H3. The van der Waals surface area contributed by atoms with Crippen molar-refractivity contribution < 1.29 is 0 Å². The lowest BCUT2D eigenvalue weighted by molar-refractivity contribution is 0.886. The van der Waals surface area contributed by atoms with Gasteiger partial charge in [-0.15, -0.1) is 6.58 Å². The van der Waals surface area contributed by atoms with E-state index in [9.17, 15) is 0 Å². The molecule has 0 aromatic rings. The quantitative estimate of drug-likeness (QED) is 0.478. The number of rotatable bonds is 2. The Kier molecular flexibility index (Phi) is 107. The van der Waals surface area contributed by atoms with Gasteiger partial charge in [-0.3, -0.25) is 0 Å². The van der Waals surface area contributed by atoms with E-state index in [1.54, 1.807) is 0 Å². The molecule has 0 aliphatic heterocycles. The average Bonchev–Trinajstić information content (AvgIpc) is 2.22. The fraction of sp³-hybridized carbons (Fsp3) is 0.846. The van der Waals surface area contributed by atoms with Crippen LogP contribution in [0.3, 0.4) is 0 Å². The summed E-state index contributed by atoms with van der Waals surface area (Å²) in [6, 6.07) is 0. The largest absolute Gasteiger partial charge is 0.103 e. The van der Waals surface area contributed by atoms with Crippen LogP contribution >= 0.6 is 0 Å². The summed E-state index contributed by atoms with van der Waals surface area (Å²) in [6.07, 6.45) is 6.85. The van der Waals surface area contributed by atoms with Gasteiger partial charge in [-0.2, -0.15) is 0 Å². The molecule has 0 rings (SSSR count). The first-order chi connectivity index (χ1) is 6.24. The smallest absolute Gasteiger partial charge is 0.0382 e. The third-order valence-electron chi connectivity index (χ3n) is 0.789. The second-order valence-corrected chi connectivity index (χ2v) is 2.40. The van der Waals surface area contributed by atoms with Crippen LogP contribution in [0.5, 0.6) is 0 Å². The van der Waals surface area contributed by atoms with E-state index in [2.05, 4.69) is 41.2 Å². The normalized spacial score (nSPS) is 6.08. The van der Waals surface area contributed by atoms with Gasteiger partial charge in [0.15, 0.2) is 0 Å². The van der Waals surface area contributed by atoms with Crippen molar-refractivity contribution in [1.82, 2.24) is 0 Å². The van der Waals surface area contributed by atoms with Crippen LogP contribution in [0.1, 0.15) is 74.1 Å². The van der Waals surface area contributed by atoms with Crippen LogP contribution in [-0.4, -0.2) is 0 Å². The Hall–Kier alpha value is -0.260. The van der Waals surface area contributed by atoms with Gasteiger partial charge in [-0.05, 0) is 6.42 Å². The van der Waals surface area contributed by atoms with Crippen molar-refractivity contribution in [1.29, 1.82) is 0 Å². The number of hydrogen-bond acceptors (Lipinski definition) is 0. The van der Waals surface area contributed by atoms with Gasteiger partial charge >= 0.3 is 0 Å². The third kappa shape index (κ3) is 368. The number of allylic oxidation sites excluding steroid dienone is 1. The molecule has 0 unspecified atom stereocenters. The minimum Gasteiger partial charge on any atom is -0.103 e. The predicted molar refractivity (Wildman–Crippen MR) is 68.4 cm³/mol. The summed E-state index contributed by atoms with van der Waals surface area (Å²) in [4.78, 5) is 0. The van der Waals surface area contributed by atoms with Gasteiger partial charge in [0.05, 0.1) is 0 Å². The Morgan fingerprint density at radius 3 is 1.00 bits per heavy atom. The average molecular weight is 188 g/mol. The van der Waals surface area contributed by atoms with E-state index in [0.29, 0.717) is 0 Å². The van der Waals surface area contributed by atoms with Crippen molar-refractivity contribution in [3.63, 3.8) is 0 Å². The zero-order valence-corrected chi connectivity index (χ0v) is 11.1. The summed E-state index contributed by atoms with van der Waals surface area (Å²) in [5.41, 5.74) is 0. The van der Waals surface area contributed by atoms with Crippen LogP contribution in [0.25, 0.3) is 0 Å². The number of hydrogen-bond donors (Lipinski definition) is 0. The first-order valence-corrected chi connectivity index (χ1v) is 5.85. The Labute approximate surface area is 87.4 Å². The number of unbranched alkanes of at least 4 members (excludes halogenated alkanes) is 1. The van der Waals surface area contributed by atoms with Gasteiger partial charge in [0, 0.05) is 0 Å². The third-order valence-corrected chi connectivity index (χ3v) is 0.789. The van der Waals surface area contributed by atoms with Crippen LogP contribution < -0.4 is 0 Å². The molecule has 0 heteroatoms. The molecule has 0 radical (unpaired) electrons. The molecule has 0 nitrogen and oxygen atoms in total. The molecular weight excluding hydrogens is 156 g/mol. The molecule has 0 amide bonds. The molecule has 0 atom stereocenters. The summed E-state index contributed by atoms with van der Waals surface area (Å²) in [5.74, 6) is 0. The molecule has 0 bridgehead atoms. The zero-order valence-electron chi connectivity index (χ0n) is 11.1. The lowest BCUT2D eigenvalue weighted by atomic mass is 10.4. The molecule has 0 aliphatic carbocycles. The monoisotopic (exact) mass is 188 g/mol. The highest BCUT2D eigenvalue weighted by Gasteiger charge is 1.56. The summed E-state index contributed by atoms with van der Waals surface area (Å²) >= 11 is 0. The van der Waals surface area contributed by atoms with Crippen molar-refractivity contribution in [2.45, 2.75) is 74.1 Å². The SMILES string of the molecule is C=CCC.CC.CCC.CCCC. The Morgan fingerprint density at radius 1 is 0.846 bits per heavy atom. The molecule has 0 saturated heterocycles. The van der Waals surface area contributed by atoms with Crippen LogP contribution in [0.4, 0.5) is 0 Å². The van der Waals surface area contributed by atoms with Gasteiger partial charge in [-0.25, -0.2) is 0 Å². The van der Waals surface area contributed by atoms with Crippen molar-refractivity contribution in [3.05, 3.63) is 12.7 Å². The molecular formula is C13H32. The molecule has 0 aromatic carbocycles. The molecule has 0 fully saturated rings. The molecule has 13 heavy (non-hydrogen) atoms. The van der Waals surface area contributed by atoms with Gasteiger partial charge in [0.2, 0.25) is 0 Å². The van der Waals surface area contributed by atoms with E-state index in [1.807, 2.05) is 19.9 Å². The molecule has 0 N–H and O–H groups in total. The molecule has 84 valence electrons. The second-order valence-electron chi connectivity index (χ2n) is 2.40. The van der Waals surface area contributed by atoms with Crippen LogP contribution in [0.2, 0.25) is 0 Å². The van der Waals surface area contributed by atoms with Gasteiger partial charge < -0.3 is 0 Å². The van der Waals surface area contributed by atoms with E-state index in [4.69, 9.17) is 0 Å². The predicted octanol–water partition coefficient (Wildman–Crippen LogP) is 5.83. The maximum Gasteiger partial charge on any atom is -0.0382 e. The highest BCUT2D eigenvalue weighted by molar-refractivity contribution is 4.60. The molecule has 0 aliphatic rings. The highest BCUT2D eigenvalue weighted by Crippen LogP contribution is 1.76. The fourth-order valence-corrected chi connectivity index (χ4v) is 0. The maximum atomic E-state index is 3.48. The van der Waals surface area contributed by atoms with Crippen LogP contribution in [-0.2, 0) is 0 Å². The summed E-state index contributed by atoms with van der Waals surface area (Å²) in [6.45, 7) is 18.2. The molecule has 0 heterocycles. The Bertz CT molecular complexity index is 35.3. The second kappa shape index (κ2) is 60.3. The Balaban J connectivity index is -0.0000000431. The molecule has 0 saturated carbocycles. The van der Waals surface area contributed by atoms with Crippen molar-refractivity contribution in [3.8, 4) is 0 Å². The van der Waals surface area contributed by atoms with Gasteiger partial charge in [0.25, 0.3) is 0 Å². The van der Waals surface area contributed by atoms with Crippen LogP contribution in [0, 0.1) is 0 Å². The van der Waals surface area contributed by atoms with E-state index in [-0.39, 0.29) is 0 Å². The first-order valence-electron chi connectivity index (χ1n) is 5.85. The summed E-state index contributed by atoms with van der Waals surface area (Å²) in [7, 11) is 0. The van der Waals surface area contributed by atoms with Gasteiger partial charge in [-0.1, -0.05) is 73.8 Å². The van der Waals surface area contributed by atoms with Crippen molar-refractivity contribution in [2.24, 2.45) is 0 Å². The van der Waals surface area contributed by atoms with Gasteiger partial charge in [0.1, 0.15) is 0 Å². The Morgan fingerprint density at radius 2 is 1.00 bits per heavy atom. The van der Waals surface area contributed by atoms with Crippen molar-refractivity contribution >= 4 is 0 Å². The summed E-state index contributed by atoms with van der Waals surface area (Å²) in [5, 5.41) is 0. The van der Waals surface area contributed by atoms with Crippen molar-refractivity contribution in [2.75, 3.05) is 0 Å². The minimum atomic E-state index is 1.08. The fourth-order valence-electron chi connectivity index (χ4n) is 0. The van der Waals surface area contributed by atoms with E-state index < -0.39 is 0 Å². The zero-order chi connectivity index (χ0) is 11.5. The van der Waals surface area contributed by atoms with E-state index >= 15 is 0 Å². The maximum absolute atomic E-state index is 3.48. The lowest BCUT2D eigenvalue weighted by Crippen LogP contribution is -1.47. The molecule has 0 spiro atoms. The topological polar surface area (TPSA) is 0 Å². The first kappa shape index (κ1) is 23.0. The summed E-state index contributed by atoms with van der Waals surface area (Å²) < 4.78 is 0. The highest BCUT2D eigenvalue weighted by atomic mass is 13.6. The van der Waals surface area contributed by atoms with E-state index in [0.717, 1.165) is 6.42 Å². The van der Waals surface area contributed by atoms with E-state index in [1.165, 1.54) is 19.3 Å².